The van der Waals surface area contributed by atoms with Gasteiger partial charge in [-0.1, -0.05) is 36.8 Å². The van der Waals surface area contributed by atoms with Crippen LogP contribution in [0.3, 0.4) is 0 Å². The number of nitrogens with zero attached hydrogens (tertiary/aromatic N) is 2. The SMILES string of the molecule is COc1ccc(-c2n[nH]c(=O)cc2-c2ccccc2)cc1CCC1CCN(C2CCC2)CC1. The molecule has 5 heteroatoms. The second kappa shape index (κ2) is 9.92. The highest BCUT2D eigenvalue weighted by Gasteiger charge is 2.28. The Labute approximate surface area is 195 Å². The topological polar surface area (TPSA) is 58.2 Å². The van der Waals surface area contributed by atoms with Gasteiger partial charge in [-0.3, -0.25) is 4.79 Å². The minimum absolute atomic E-state index is 0.195. The van der Waals surface area contributed by atoms with Crippen molar-refractivity contribution < 1.29 is 4.74 Å². The molecule has 0 atom stereocenters. The van der Waals surface area contributed by atoms with Crippen LogP contribution in [-0.2, 0) is 6.42 Å². The predicted octanol–water partition coefficient (Wildman–Crippen LogP) is 5.31. The standard InChI is InChI=1S/C28H33N3O2/c1-33-26-13-12-23(28-25(19-27(32)29-30-28)21-6-3-2-4-7-21)18-22(26)11-10-20-14-16-31(17-15-20)24-8-5-9-24/h2-4,6-7,12-13,18-20,24H,5,8-11,14-17H2,1H3,(H,29,32). The summed E-state index contributed by atoms with van der Waals surface area (Å²) in [5, 5.41) is 7.05. The minimum atomic E-state index is -0.195. The van der Waals surface area contributed by atoms with Crippen LogP contribution in [0.15, 0.2) is 59.4 Å². The van der Waals surface area contributed by atoms with E-state index in [2.05, 4.69) is 21.2 Å². The number of H-pyrrole nitrogens is 1. The van der Waals surface area contributed by atoms with Gasteiger partial charge >= 0.3 is 0 Å². The maximum absolute atomic E-state index is 12.0. The molecule has 2 heterocycles. The van der Waals surface area contributed by atoms with E-state index >= 15 is 0 Å². The van der Waals surface area contributed by atoms with E-state index in [1.807, 2.05) is 42.5 Å². The number of rotatable bonds is 7. The maximum atomic E-state index is 12.0. The van der Waals surface area contributed by atoms with Crippen LogP contribution in [0.2, 0.25) is 0 Å². The first-order valence-electron chi connectivity index (χ1n) is 12.3. The molecular formula is C28H33N3O2. The molecule has 1 saturated heterocycles. The summed E-state index contributed by atoms with van der Waals surface area (Å²) in [4.78, 5) is 14.8. The highest BCUT2D eigenvalue weighted by atomic mass is 16.5. The Kier molecular flexibility index (Phi) is 6.58. The quantitative estimate of drug-likeness (QED) is 0.538. The number of aryl methyl sites for hydroxylation is 1. The first kappa shape index (κ1) is 21.9. The summed E-state index contributed by atoms with van der Waals surface area (Å²) in [6.07, 6.45) is 9.00. The Morgan fingerprint density at radius 3 is 2.48 bits per heavy atom. The number of hydrogen-bond donors (Lipinski definition) is 1. The van der Waals surface area contributed by atoms with E-state index < -0.39 is 0 Å². The fourth-order valence-electron chi connectivity index (χ4n) is 5.30. The van der Waals surface area contributed by atoms with Crippen LogP contribution in [0.5, 0.6) is 5.75 Å². The molecule has 1 saturated carbocycles. The maximum Gasteiger partial charge on any atom is 0.264 e. The van der Waals surface area contributed by atoms with Crippen LogP contribution in [0.4, 0.5) is 0 Å². The van der Waals surface area contributed by atoms with Gasteiger partial charge in [-0.15, -0.1) is 0 Å². The molecule has 0 spiro atoms. The zero-order valence-corrected chi connectivity index (χ0v) is 19.4. The monoisotopic (exact) mass is 443 g/mol. The Bertz CT molecular complexity index is 1130. The third-order valence-corrected chi connectivity index (χ3v) is 7.51. The van der Waals surface area contributed by atoms with Crippen LogP contribution in [0.1, 0.15) is 44.1 Å². The summed E-state index contributed by atoms with van der Waals surface area (Å²) in [5.74, 6) is 1.71. The Morgan fingerprint density at radius 1 is 1.00 bits per heavy atom. The van der Waals surface area contributed by atoms with Crippen LogP contribution < -0.4 is 10.3 Å². The lowest BCUT2D eigenvalue weighted by molar-refractivity contribution is 0.0827. The van der Waals surface area contributed by atoms with E-state index in [-0.39, 0.29) is 5.56 Å². The molecule has 0 bridgehead atoms. The average molecular weight is 444 g/mol. The molecule has 172 valence electrons. The first-order valence-corrected chi connectivity index (χ1v) is 12.3. The van der Waals surface area contributed by atoms with Crippen molar-refractivity contribution >= 4 is 0 Å². The first-order chi connectivity index (χ1) is 16.2. The molecular weight excluding hydrogens is 410 g/mol. The summed E-state index contributed by atoms with van der Waals surface area (Å²) < 4.78 is 5.69. The molecule has 1 aliphatic heterocycles. The highest BCUT2D eigenvalue weighted by Crippen LogP contribution is 2.34. The fourth-order valence-corrected chi connectivity index (χ4v) is 5.30. The smallest absolute Gasteiger partial charge is 0.264 e. The molecule has 2 aliphatic rings. The minimum Gasteiger partial charge on any atom is -0.496 e. The van der Waals surface area contributed by atoms with Crippen molar-refractivity contribution in [1.82, 2.24) is 15.1 Å². The second-order valence-electron chi connectivity index (χ2n) is 9.49. The zero-order valence-electron chi connectivity index (χ0n) is 19.4. The number of methoxy groups -OCH3 is 1. The Balaban J connectivity index is 1.34. The molecule has 1 aromatic heterocycles. The Hall–Kier alpha value is -2.92. The van der Waals surface area contributed by atoms with Gasteiger partial charge < -0.3 is 9.64 Å². The summed E-state index contributed by atoms with van der Waals surface area (Å²) in [5.41, 5.74) is 4.64. The van der Waals surface area contributed by atoms with E-state index in [9.17, 15) is 4.79 Å². The average Bonchev–Trinajstić information content (AvgIpc) is 2.83. The van der Waals surface area contributed by atoms with Crippen molar-refractivity contribution in [3.63, 3.8) is 0 Å². The zero-order chi connectivity index (χ0) is 22.6. The van der Waals surface area contributed by atoms with Crippen LogP contribution in [0.25, 0.3) is 22.4 Å². The number of hydrogen-bond acceptors (Lipinski definition) is 4. The molecule has 2 fully saturated rings. The molecule has 3 aromatic rings. The molecule has 5 rings (SSSR count). The molecule has 2 aromatic carbocycles. The van der Waals surface area contributed by atoms with Crippen molar-refractivity contribution in [2.24, 2.45) is 5.92 Å². The number of benzene rings is 2. The van der Waals surface area contributed by atoms with Crippen molar-refractivity contribution in [3.05, 3.63) is 70.5 Å². The van der Waals surface area contributed by atoms with Crippen LogP contribution in [0, 0.1) is 5.92 Å². The van der Waals surface area contributed by atoms with Crippen LogP contribution >= 0.6 is 0 Å². The molecule has 0 unspecified atom stereocenters. The second-order valence-corrected chi connectivity index (χ2v) is 9.49. The normalized spacial score (nSPS) is 17.6. The summed E-state index contributed by atoms with van der Waals surface area (Å²) in [6.45, 7) is 2.52. The highest BCUT2D eigenvalue weighted by molar-refractivity contribution is 5.80. The van der Waals surface area contributed by atoms with Gasteiger partial charge in [0.15, 0.2) is 0 Å². The number of nitrogens with one attached hydrogen (secondary N) is 1. The lowest BCUT2D eigenvalue weighted by Crippen LogP contribution is -2.44. The van der Waals surface area contributed by atoms with Gasteiger partial charge in [-0.25, -0.2) is 5.10 Å². The van der Waals surface area contributed by atoms with Gasteiger partial charge in [0.25, 0.3) is 5.56 Å². The lowest BCUT2D eigenvalue weighted by atomic mass is 9.85. The number of aromatic amines is 1. The van der Waals surface area contributed by atoms with Gasteiger partial charge in [-0.2, -0.15) is 5.10 Å². The third-order valence-electron chi connectivity index (χ3n) is 7.51. The Morgan fingerprint density at radius 2 is 1.79 bits per heavy atom. The fraction of sp³-hybridized carbons (Fsp3) is 0.429. The van der Waals surface area contributed by atoms with Gasteiger partial charge in [0.1, 0.15) is 5.75 Å². The van der Waals surface area contributed by atoms with Crippen molar-refractivity contribution in [3.8, 4) is 28.1 Å². The summed E-state index contributed by atoms with van der Waals surface area (Å²) in [7, 11) is 1.74. The number of likely N-dealkylation sites (tertiary alicyclic amines) is 1. The predicted molar refractivity (Wildman–Crippen MR) is 133 cm³/mol. The van der Waals surface area contributed by atoms with Crippen molar-refractivity contribution in [2.75, 3.05) is 20.2 Å². The summed E-state index contributed by atoms with van der Waals surface area (Å²) >= 11 is 0. The molecule has 5 nitrogen and oxygen atoms in total. The number of aromatic nitrogens is 2. The summed E-state index contributed by atoms with van der Waals surface area (Å²) in [6, 6.07) is 18.7. The van der Waals surface area contributed by atoms with Gasteiger partial charge in [-0.05, 0) is 86.9 Å². The van der Waals surface area contributed by atoms with Crippen molar-refractivity contribution in [1.29, 1.82) is 0 Å². The molecule has 0 amide bonds. The van der Waals surface area contributed by atoms with E-state index in [4.69, 9.17) is 4.74 Å². The van der Waals surface area contributed by atoms with Gasteiger partial charge in [0.05, 0.1) is 12.8 Å². The van der Waals surface area contributed by atoms with E-state index in [1.54, 1.807) is 13.2 Å². The van der Waals surface area contributed by atoms with Gasteiger partial charge in [0.2, 0.25) is 0 Å². The molecule has 1 aliphatic carbocycles. The van der Waals surface area contributed by atoms with Gasteiger partial charge in [0, 0.05) is 23.2 Å². The lowest BCUT2D eigenvalue weighted by Gasteiger charge is -2.41. The third kappa shape index (κ3) is 4.88. The molecule has 1 N–H and O–H groups in total. The largest absolute Gasteiger partial charge is 0.496 e. The van der Waals surface area contributed by atoms with Crippen molar-refractivity contribution in [2.45, 2.75) is 51.0 Å². The number of ether oxygens (including phenoxy) is 1. The van der Waals surface area contributed by atoms with Crippen LogP contribution in [-0.4, -0.2) is 41.3 Å². The van der Waals surface area contributed by atoms with E-state index in [0.29, 0.717) is 0 Å². The van der Waals surface area contributed by atoms with E-state index in [0.717, 1.165) is 46.5 Å². The molecule has 33 heavy (non-hydrogen) atoms. The molecule has 0 radical (unpaired) electrons. The van der Waals surface area contributed by atoms with E-state index in [1.165, 1.54) is 57.2 Å². The number of piperidine rings is 1.